The van der Waals surface area contributed by atoms with E-state index >= 15 is 0 Å². The molecule has 2 atom stereocenters. The third-order valence-corrected chi connectivity index (χ3v) is 3.79. The summed E-state index contributed by atoms with van der Waals surface area (Å²) in [6, 6.07) is 0. The molecule has 80 valence electrons. The van der Waals surface area contributed by atoms with Crippen LogP contribution in [0.5, 0.6) is 0 Å². The molecule has 0 nitrogen and oxygen atoms in total. The SMILES string of the molecule is CCSCCCC(C(C)C)C(C)Cl. The molecule has 0 amide bonds. The Labute approximate surface area is 92.8 Å². The molecule has 0 aliphatic rings. The second-order valence-corrected chi connectivity index (χ2v) is 6.01. The molecular formula is C11H23ClS. The molecule has 13 heavy (non-hydrogen) atoms. The summed E-state index contributed by atoms with van der Waals surface area (Å²) in [7, 11) is 0. The first-order valence-electron chi connectivity index (χ1n) is 5.31. The van der Waals surface area contributed by atoms with Crippen LogP contribution in [0.25, 0.3) is 0 Å². The molecule has 0 aliphatic heterocycles. The fourth-order valence-corrected chi connectivity index (χ4v) is 2.74. The summed E-state index contributed by atoms with van der Waals surface area (Å²) in [5, 5.41) is 0.326. The Balaban J connectivity index is 3.58. The maximum atomic E-state index is 6.14. The second-order valence-electron chi connectivity index (χ2n) is 3.92. The molecule has 0 saturated carbocycles. The van der Waals surface area contributed by atoms with E-state index in [-0.39, 0.29) is 0 Å². The molecule has 0 heterocycles. The van der Waals surface area contributed by atoms with Gasteiger partial charge in [-0.2, -0.15) is 11.8 Å². The van der Waals surface area contributed by atoms with Crippen molar-refractivity contribution in [3.8, 4) is 0 Å². The Bertz CT molecular complexity index is 105. The van der Waals surface area contributed by atoms with Crippen molar-refractivity contribution in [2.24, 2.45) is 11.8 Å². The summed E-state index contributed by atoms with van der Waals surface area (Å²) in [5.74, 6) is 3.95. The summed E-state index contributed by atoms with van der Waals surface area (Å²) in [4.78, 5) is 0. The van der Waals surface area contributed by atoms with Gasteiger partial charge in [0.05, 0.1) is 0 Å². The highest BCUT2D eigenvalue weighted by Crippen LogP contribution is 2.25. The van der Waals surface area contributed by atoms with Crippen LogP contribution in [0.2, 0.25) is 0 Å². The molecule has 2 unspecified atom stereocenters. The van der Waals surface area contributed by atoms with Gasteiger partial charge in [0, 0.05) is 5.38 Å². The first kappa shape index (κ1) is 13.6. The summed E-state index contributed by atoms with van der Waals surface area (Å²) in [6.07, 6.45) is 2.60. The Morgan fingerprint density at radius 2 is 1.85 bits per heavy atom. The van der Waals surface area contributed by atoms with Crippen LogP contribution in [0.3, 0.4) is 0 Å². The molecule has 0 fully saturated rings. The quantitative estimate of drug-likeness (QED) is 0.454. The third kappa shape index (κ3) is 6.68. The van der Waals surface area contributed by atoms with Gasteiger partial charge in [0.25, 0.3) is 0 Å². The van der Waals surface area contributed by atoms with E-state index in [1.165, 1.54) is 24.3 Å². The number of halogens is 1. The van der Waals surface area contributed by atoms with E-state index in [0.717, 1.165) is 5.92 Å². The van der Waals surface area contributed by atoms with Gasteiger partial charge in [0.2, 0.25) is 0 Å². The fourth-order valence-electron chi connectivity index (χ4n) is 1.66. The number of rotatable bonds is 7. The van der Waals surface area contributed by atoms with Crippen molar-refractivity contribution < 1.29 is 0 Å². The maximum Gasteiger partial charge on any atom is 0.0338 e. The first-order chi connectivity index (χ1) is 6.09. The first-order valence-corrected chi connectivity index (χ1v) is 6.90. The van der Waals surface area contributed by atoms with Crippen molar-refractivity contribution in [1.82, 2.24) is 0 Å². The van der Waals surface area contributed by atoms with Gasteiger partial charge in [-0.1, -0.05) is 20.8 Å². The van der Waals surface area contributed by atoms with E-state index in [4.69, 9.17) is 11.6 Å². The van der Waals surface area contributed by atoms with Gasteiger partial charge < -0.3 is 0 Å². The van der Waals surface area contributed by atoms with Crippen molar-refractivity contribution in [2.45, 2.75) is 45.9 Å². The lowest BCUT2D eigenvalue weighted by Gasteiger charge is -2.22. The van der Waals surface area contributed by atoms with Crippen LogP contribution in [-0.4, -0.2) is 16.9 Å². The predicted octanol–water partition coefficient (Wildman–Crippen LogP) is 4.42. The van der Waals surface area contributed by atoms with Gasteiger partial charge in [-0.05, 0) is 43.1 Å². The van der Waals surface area contributed by atoms with Gasteiger partial charge in [-0.3, -0.25) is 0 Å². The predicted molar refractivity (Wildman–Crippen MR) is 65.9 cm³/mol. The van der Waals surface area contributed by atoms with E-state index in [1.807, 2.05) is 11.8 Å². The van der Waals surface area contributed by atoms with E-state index in [1.54, 1.807) is 0 Å². The Morgan fingerprint density at radius 1 is 1.23 bits per heavy atom. The smallest absolute Gasteiger partial charge is 0.0338 e. The highest BCUT2D eigenvalue weighted by Gasteiger charge is 2.17. The zero-order chi connectivity index (χ0) is 10.3. The molecule has 0 bridgehead atoms. The van der Waals surface area contributed by atoms with Crippen molar-refractivity contribution in [3.63, 3.8) is 0 Å². The van der Waals surface area contributed by atoms with E-state index < -0.39 is 0 Å². The highest BCUT2D eigenvalue weighted by atomic mass is 35.5. The van der Waals surface area contributed by atoms with Gasteiger partial charge in [-0.15, -0.1) is 11.6 Å². The number of hydrogen-bond donors (Lipinski definition) is 0. The minimum absolute atomic E-state index is 0.326. The summed E-state index contributed by atoms with van der Waals surface area (Å²) in [6.45, 7) is 8.89. The lowest BCUT2D eigenvalue weighted by molar-refractivity contribution is 0.352. The van der Waals surface area contributed by atoms with Crippen molar-refractivity contribution in [1.29, 1.82) is 0 Å². The molecule has 0 radical (unpaired) electrons. The average Bonchev–Trinajstić information content (AvgIpc) is 2.02. The molecular weight excluding hydrogens is 200 g/mol. The van der Waals surface area contributed by atoms with Gasteiger partial charge in [0.15, 0.2) is 0 Å². The molecule has 2 heteroatoms. The minimum Gasteiger partial charge on any atom is -0.162 e. The standard InChI is InChI=1S/C11H23ClS/c1-5-13-8-6-7-11(9(2)3)10(4)12/h9-11H,5-8H2,1-4H3. The van der Waals surface area contributed by atoms with E-state index in [2.05, 4.69) is 27.7 Å². The molecule has 0 N–H and O–H groups in total. The largest absolute Gasteiger partial charge is 0.162 e. The van der Waals surface area contributed by atoms with Crippen LogP contribution in [0.4, 0.5) is 0 Å². The minimum atomic E-state index is 0.326. The van der Waals surface area contributed by atoms with Crippen LogP contribution in [0, 0.1) is 11.8 Å². The third-order valence-electron chi connectivity index (χ3n) is 2.48. The normalized spacial score (nSPS) is 16.2. The topological polar surface area (TPSA) is 0 Å². The summed E-state index contributed by atoms with van der Waals surface area (Å²) >= 11 is 8.18. The molecule has 0 saturated heterocycles. The Kier molecular flexibility index (Phi) is 8.38. The molecule has 0 aromatic rings. The zero-order valence-corrected chi connectivity index (χ0v) is 10.9. The highest BCUT2D eigenvalue weighted by molar-refractivity contribution is 7.99. The van der Waals surface area contributed by atoms with Crippen molar-refractivity contribution in [3.05, 3.63) is 0 Å². The van der Waals surface area contributed by atoms with E-state index in [0.29, 0.717) is 11.3 Å². The summed E-state index contributed by atoms with van der Waals surface area (Å²) in [5.41, 5.74) is 0. The maximum absolute atomic E-state index is 6.14. The molecule has 0 rings (SSSR count). The molecule has 0 spiro atoms. The van der Waals surface area contributed by atoms with Crippen LogP contribution in [-0.2, 0) is 0 Å². The van der Waals surface area contributed by atoms with Crippen molar-refractivity contribution >= 4 is 23.4 Å². The Hall–Kier alpha value is 0.640. The fraction of sp³-hybridized carbons (Fsp3) is 1.00. The zero-order valence-electron chi connectivity index (χ0n) is 9.35. The number of thioether (sulfide) groups is 1. The van der Waals surface area contributed by atoms with Crippen LogP contribution in [0.15, 0.2) is 0 Å². The lowest BCUT2D eigenvalue weighted by atomic mass is 9.89. The number of hydrogen-bond acceptors (Lipinski definition) is 1. The summed E-state index contributed by atoms with van der Waals surface area (Å²) < 4.78 is 0. The molecule has 0 aromatic heterocycles. The van der Waals surface area contributed by atoms with Gasteiger partial charge in [-0.25, -0.2) is 0 Å². The van der Waals surface area contributed by atoms with Crippen molar-refractivity contribution in [2.75, 3.05) is 11.5 Å². The van der Waals surface area contributed by atoms with Crippen LogP contribution < -0.4 is 0 Å². The van der Waals surface area contributed by atoms with Crippen LogP contribution >= 0.6 is 23.4 Å². The number of alkyl halides is 1. The Morgan fingerprint density at radius 3 is 2.23 bits per heavy atom. The average molecular weight is 223 g/mol. The van der Waals surface area contributed by atoms with E-state index in [9.17, 15) is 0 Å². The second kappa shape index (κ2) is 7.99. The lowest BCUT2D eigenvalue weighted by Crippen LogP contribution is -2.18. The van der Waals surface area contributed by atoms with Gasteiger partial charge in [0.1, 0.15) is 0 Å². The molecule has 0 aromatic carbocycles. The van der Waals surface area contributed by atoms with Crippen LogP contribution in [0.1, 0.15) is 40.5 Å². The molecule has 0 aliphatic carbocycles. The van der Waals surface area contributed by atoms with Gasteiger partial charge >= 0.3 is 0 Å². The monoisotopic (exact) mass is 222 g/mol.